The Hall–Kier alpha value is -2.71. The maximum atomic E-state index is 13.4. The summed E-state index contributed by atoms with van der Waals surface area (Å²) < 4.78 is 11.6. The van der Waals surface area contributed by atoms with Crippen LogP contribution in [0.3, 0.4) is 0 Å². The average Bonchev–Trinajstić information content (AvgIpc) is 2.99. The van der Waals surface area contributed by atoms with Gasteiger partial charge in [0, 0.05) is 37.8 Å². The number of fused-ring (bicyclic) bond motifs is 6. The van der Waals surface area contributed by atoms with Crippen molar-refractivity contribution in [2.45, 2.75) is 88.5 Å². The molecule has 2 N–H and O–H groups in total. The number of rotatable bonds is 5. The fourth-order valence-corrected chi connectivity index (χ4v) is 9.19. The number of nitrogens with one attached hydrogen (secondary N) is 2. The molecule has 41 heavy (non-hydrogen) atoms. The minimum Gasteiger partial charge on any atom is -0.875 e. The van der Waals surface area contributed by atoms with Gasteiger partial charge in [-0.2, -0.15) is 0 Å². The lowest BCUT2D eigenvalue weighted by Crippen LogP contribution is -2.61. The fourth-order valence-electron chi connectivity index (χ4n) is 9.19. The predicted octanol–water partition coefficient (Wildman–Crippen LogP) is 2.89. The molecule has 222 valence electrons. The van der Waals surface area contributed by atoms with E-state index in [1.807, 2.05) is 0 Å². The Morgan fingerprint density at radius 1 is 0.707 bits per heavy atom. The Labute approximate surface area is 242 Å². The SMILES string of the molecule is COC1CC2C(=O)/C(=C/C=C/C=C/C3=C([O-])C4CC(OC)C5CCCCC5C4NC3=O)C(=O)NC2C2CCCCC12. The molecule has 0 aromatic carbocycles. The van der Waals surface area contributed by atoms with Crippen molar-refractivity contribution in [2.75, 3.05) is 14.2 Å². The molecule has 1 saturated heterocycles. The number of ketones is 1. The van der Waals surface area contributed by atoms with Gasteiger partial charge in [0.2, 0.25) is 0 Å². The molecule has 10 atom stereocenters. The first kappa shape index (κ1) is 28.4. The molecule has 0 radical (unpaired) electrons. The van der Waals surface area contributed by atoms with Gasteiger partial charge in [-0.25, -0.2) is 0 Å². The Morgan fingerprint density at radius 3 is 1.85 bits per heavy atom. The van der Waals surface area contributed by atoms with Gasteiger partial charge in [-0.3, -0.25) is 14.4 Å². The van der Waals surface area contributed by atoms with E-state index in [1.54, 1.807) is 44.6 Å². The molecule has 6 aliphatic rings. The number of carbonyl (C=O) groups excluding carboxylic acids is 3. The van der Waals surface area contributed by atoms with E-state index in [9.17, 15) is 19.5 Å². The third kappa shape index (κ3) is 5.11. The van der Waals surface area contributed by atoms with Gasteiger partial charge < -0.3 is 25.2 Å². The van der Waals surface area contributed by atoms with E-state index in [0.717, 1.165) is 38.5 Å². The zero-order valence-electron chi connectivity index (χ0n) is 24.2. The second-order valence-electron chi connectivity index (χ2n) is 12.9. The average molecular weight is 564 g/mol. The number of piperidine rings is 1. The molecule has 5 fully saturated rings. The minimum atomic E-state index is -0.321. The van der Waals surface area contributed by atoms with Crippen molar-refractivity contribution in [3.8, 4) is 0 Å². The summed E-state index contributed by atoms with van der Waals surface area (Å²) in [5.74, 6) is -0.0700. The third-order valence-corrected chi connectivity index (χ3v) is 11.1. The summed E-state index contributed by atoms with van der Waals surface area (Å²) in [6, 6.07) is -0.240. The highest BCUT2D eigenvalue weighted by Crippen LogP contribution is 2.48. The van der Waals surface area contributed by atoms with Gasteiger partial charge in [-0.15, -0.1) is 5.76 Å². The summed E-state index contributed by atoms with van der Waals surface area (Å²) in [7, 11) is 3.45. The molecular formula is C33H43N2O6-. The number of ether oxygens (including phenoxy) is 2. The van der Waals surface area contributed by atoms with Gasteiger partial charge in [0.1, 0.15) is 0 Å². The first-order chi connectivity index (χ1) is 19.9. The first-order valence-electron chi connectivity index (χ1n) is 15.6. The van der Waals surface area contributed by atoms with Crippen molar-refractivity contribution in [2.24, 2.45) is 35.5 Å². The maximum Gasteiger partial charge on any atom is 0.255 e. The van der Waals surface area contributed by atoms with Crippen LogP contribution in [0.2, 0.25) is 0 Å². The predicted molar refractivity (Wildman–Crippen MR) is 151 cm³/mol. The van der Waals surface area contributed by atoms with Crippen LogP contribution in [0.5, 0.6) is 0 Å². The largest absolute Gasteiger partial charge is 0.875 e. The van der Waals surface area contributed by atoms with Crippen LogP contribution in [0.25, 0.3) is 0 Å². The monoisotopic (exact) mass is 563 g/mol. The summed E-state index contributed by atoms with van der Waals surface area (Å²) in [4.78, 5) is 39.4. The van der Waals surface area contributed by atoms with Gasteiger partial charge >= 0.3 is 0 Å². The second kappa shape index (κ2) is 11.9. The van der Waals surface area contributed by atoms with Crippen LogP contribution < -0.4 is 15.7 Å². The number of hydrogen-bond donors (Lipinski definition) is 2. The highest BCUT2D eigenvalue weighted by Gasteiger charge is 2.52. The molecule has 2 heterocycles. The standard InChI is InChI=1S/C33H44N2O6/c1-40-26-16-24-28(20-12-8-6-10-18(20)26)34-32(38)22(30(24)36)14-4-3-5-15-23-31(37)25-17-27(41-2)19-11-7-9-13-21(19)29(25)35-33(23)39/h3-5,14-15,18-21,24-29,36H,6-13,16-17H2,1-2H3,(H,34,38)(H,35,39)/p-1/b5-3+,14-4+,23-15-. The van der Waals surface area contributed by atoms with Crippen LogP contribution in [0.4, 0.5) is 0 Å². The summed E-state index contributed by atoms with van der Waals surface area (Å²) >= 11 is 0. The van der Waals surface area contributed by atoms with E-state index in [2.05, 4.69) is 10.6 Å². The van der Waals surface area contributed by atoms with Gasteiger partial charge in [-0.05, 0) is 74.2 Å². The summed E-state index contributed by atoms with van der Waals surface area (Å²) in [5.41, 5.74) is 0.300. The molecule has 0 aromatic heterocycles. The van der Waals surface area contributed by atoms with E-state index in [4.69, 9.17) is 9.47 Å². The van der Waals surface area contributed by atoms with E-state index >= 15 is 0 Å². The fraction of sp³-hybridized carbons (Fsp3) is 0.667. The lowest BCUT2D eigenvalue weighted by molar-refractivity contribution is -0.323. The Kier molecular flexibility index (Phi) is 8.23. The summed E-state index contributed by atoms with van der Waals surface area (Å²) in [5, 5.41) is 19.7. The van der Waals surface area contributed by atoms with E-state index in [1.165, 1.54) is 12.8 Å². The number of allylic oxidation sites excluding steroid dienone is 4. The molecule has 8 nitrogen and oxygen atoms in total. The van der Waals surface area contributed by atoms with Crippen LogP contribution in [0, 0.1) is 35.5 Å². The number of hydrogen-bond acceptors (Lipinski definition) is 6. The van der Waals surface area contributed by atoms with Gasteiger partial charge in [0.15, 0.2) is 5.78 Å². The van der Waals surface area contributed by atoms with Crippen molar-refractivity contribution >= 4 is 17.6 Å². The Morgan fingerprint density at radius 2 is 1.24 bits per heavy atom. The van der Waals surface area contributed by atoms with Crippen molar-refractivity contribution in [1.29, 1.82) is 0 Å². The molecule has 0 aromatic rings. The van der Waals surface area contributed by atoms with Crippen molar-refractivity contribution in [3.05, 3.63) is 47.3 Å². The molecule has 6 rings (SSSR count). The number of amides is 2. The minimum absolute atomic E-state index is 0.0448. The second-order valence-corrected chi connectivity index (χ2v) is 12.9. The van der Waals surface area contributed by atoms with Crippen LogP contribution in [-0.4, -0.2) is 56.1 Å². The molecule has 4 aliphatic carbocycles. The lowest BCUT2D eigenvalue weighted by atomic mass is 9.61. The van der Waals surface area contributed by atoms with E-state index in [-0.39, 0.29) is 82.5 Å². The zero-order valence-corrected chi connectivity index (χ0v) is 24.2. The summed E-state index contributed by atoms with van der Waals surface area (Å²) in [6.07, 6.45) is 18.2. The lowest BCUT2D eigenvalue weighted by Gasteiger charge is -2.53. The quantitative estimate of drug-likeness (QED) is 0.302. The van der Waals surface area contributed by atoms with Crippen molar-refractivity contribution < 1.29 is 29.0 Å². The molecule has 8 heteroatoms. The molecule has 0 bridgehead atoms. The summed E-state index contributed by atoms with van der Waals surface area (Å²) in [6.45, 7) is 0. The van der Waals surface area contributed by atoms with Gasteiger partial charge in [-0.1, -0.05) is 50.0 Å². The van der Waals surface area contributed by atoms with Crippen LogP contribution in [-0.2, 0) is 23.9 Å². The molecule has 4 saturated carbocycles. The van der Waals surface area contributed by atoms with E-state index in [0.29, 0.717) is 24.7 Å². The topological polar surface area (TPSA) is 117 Å². The third-order valence-electron chi connectivity index (χ3n) is 11.1. The van der Waals surface area contributed by atoms with Crippen LogP contribution in [0.15, 0.2) is 47.3 Å². The Balaban J connectivity index is 1.15. The molecule has 2 aliphatic heterocycles. The van der Waals surface area contributed by atoms with Gasteiger partial charge in [0.05, 0.1) is 17.8 Å². The smallest absolute Gasteiger partial charge is 0.255 e. The van der Waals surface area contributed by atoms with Gasteiger partial charge in [0.25, 0.3) is 11.8 Å². The molecular weight excluding hydrogens is 520 g/mol. The first-order valence-corrected chi connectivity index (χ1v) is 15.6. The number of Topliss-reactive ketones (excluding diaryl/α,β-unsaturated/α-hetero) is 1. The Bertz CT molecular complexity index is 1190. The van der Waals surface area contributed by atoms with Crippen LogP contribution >= 0.6 is 0 Å². The van der Waals surface area contributed by atoms with Crippen molar-refractivity contribution in [1.82, 2.24) is 10.6 Å². The van der Waals surface area contributed by atoms with Crippen LogP contribution in [0.1, 0.15) is 64.2 Å². The highest BCUT2D eigenvalue weighted by atomic mass is 16.5. The maximum absolute atomic E-state index is 13.4. The molecule has 10 unspecified atom stereocenters. The highest BCUT2D eigenvalue weighted by molar-refractivity contribution is 6.22. The normalized spacial score (nSPS) is 42.0. The van der Waals surface area contributed by atoms with E-state index < -0.39 is 0 Å². The molecule has 0 spiro atoms. The number of methoxy groups -OCH3 is 2. The number of carbonyl (C=O) groups is 3. The van der Waals surface area contributed by atoms with Crippen molar-refractivity contribution in [3.63, 3.8) is 0 Å². The zero-order chi connectivity index (χ0) is 28.7. The molecule has 2 amide bonds.